The highest BCUT2D eigenvalue weighted by Crippen LogP contribution is 2.35. The van der Waals surface area contributed by atoms with Crippen molar-refractivity contribution in [2.45, 2.75) is 58.4 Å². The van der Waals surface area contributed by atoms with Gasteiger partial charge in [-0.3, -0.25) is 23.7 Å². The molecule has 0 spiro atoms. The monoisotopic (exact) mass is 569 g/mol. The van der Waals surface area contributed by atoms with Gasteiger partial charge in [0.2, 0.25) is 18.3 Å². The molecule has 1 aromatic carbocycles. The Hall–Kier alpha value is -3.45. The highest BCUT2D eigenvalue weighted by molar-refractivity contribution is 9.10. The molecule has 13 heteroatoms. The number of hydrogen-bond acceptors (Lipinski definition) is 11. The molecule has 0 amide bonds. The van der Waals surface area contributed by atoms with Crippen LogP contribution in [-0.4, -0.2) is 72.2 Å². The van der Waals surface area contributed by atoms with Crippen LogP contribution in [0.5, 0.6) is 5.75 Å². The maximum Gasteiger partial charge on any atom is 0.339 e. The van der Waals surface area contributed by atoms with E-state index in [1.54, 1.807) is 18.2 Å². The van der Waals surface area contributed by atoms with Crippen LogP contribution < -0.4 is 4.74 Å². The molecule has 0 aliphatic carbocycles. The lowest BCUT2D eigenvalue weighted by Crippen LogP contribution is -2.64. The number of carbonyl (C=O) groups is 5. The summed E-state index contributed by atoms with van der Waals surface area (Å²) >= 11 is 3.37. The van der Waals surface area contributed by atoms with Crippen molar-refractivity contribution >= 4 is 56.6 Å². The number of rotatable bonds is 6. The van der Waals surface area contributed by atoms with E-state index in [1.165, 1.54) is 17.7 Å². The largest absolute Gasteiger partial charge is 0.467 e. The van der Waals surface area contributed by atoms with Gasteiger partial charge in [0, 0.05) is 37.6 Å². The standard InChI is InChI=1S/C23H24BrNO11/c1-10(26)25-9-17(15-8-14(24)6-7-16(15)25)35-23-21(34-13(4)29)19(33-12(3)28)18(32-11(2)27)20(36-23)22(30)31-5/h6-9,18-21,23H,1-5H3/t18-,19+,20-,21+,23+/m0/s1. The second kappa shape index (κ2) is 11.1. The lowest BCUT2D eigenvalue weighted by molar-refractivity contribution is -0.282. The van der Waals surface area contributed by atoms with Crippen LogP contribution in [-0.2, 0) is 42.9 Å². The lowest BCUT2D eigenvalue weighted by Gasteiger charge is -2.43. The number of ether oxygens (including phenoxy) is 6. The van der Waals surface area contributed by atoms with Crippen LogP contribution in [0.2, 0.25) is 0 Å². The minimum Gasteiger partial charge on any atom is -0.467 e. The van der Waals surface area contributed by atoms with E-state index in [9.17, 15) is 24.0 Å². The van der Waals surface area contributed by atoms with Crippen LogP contribution in [0.1, 0.15) is 32.5 Å². The Morgan fingerprint density at radius 3 is 2.03 bits per heavy atom. The molecular weight excluding hydrogens is 546 g/mol. The quantitative estimate of drug-likeness (QED) is 0.372. The van der Waals surface area contributed by atoms with E-state index in [4.69, 9.17) is 28.4 Å². The SMILES string of the molecule is COC(=O)[C@H]1O[C@@H](Oc2cn(C(C)=O)c3ccc(Br)cc23)[C@H](OC(C)=O)[C@H](OC(C)=O)[C@@H]1OC(C)=O. The van der Waals surface area contributed by atoms with Gasteiger partial charge >= 0.3 is 23.9 Å². The Bertz CT molecular complexity index is 1210. The summed E-state index contributed by atoms with van der Waals surface area (Å²) in [4.78, 5) is 60.4. The number of methoxy groups -OCH3 is 1. The summed E-state index contributed by atoms with van der Waals surface area (Å²) in [6.45, 7) is 4.63. The van der Waals surface area contributed by atoms with Crippen molar-refractivity contribution in [2.24, 2.45) is 0 Å². The number of hydrogen-bond donors (Lipinski definition) is 0. The molecule has 194 valence electrons. The molecule has 36 heavy (non-hydrogen) atoms. The van der Waals surface area contributed by atoms with Gasteiger partial charge in [0.05, 0.1) is 18.8 Å². The van der Waals surface area contributed by atoms with Gasteiger partial charge in [-0.15, -0.1) is 0 Å². The summed E-state index contributed by atoms with van der Waals surface area (Å²) in [5.41, 5.74) is 0.513. The fraction of sp³-hybridized carbons (Fsp3) is 0.435. The summed E-state index contributed by atoms with van der Waals surface area (Å²) in [6, 6.07) is 5.11. The average Bonchev–Trinajstić information content (AvgIpc) is 3.13. The van der Waals surface area contributed by atoms with Crippen LogP contribution in [0, 0.1) is 0 Å². The number of benzene rings is 1. The van der Waals surface area contributed by atoms with Crippen LogP contribution in [0.4, 0.5) is 0 Å². The summed E-state index contributed by atoms with van der Waals surface area (Å²) in [5, 5.41) is 0.491. The molecule has 1 aliphatic heterocycles. The number of esters is 4. The van der Waals surface area contributed by atoms with Crippen molar-refractivity contribution in [2.75, 3.05) is 7.11 Å². The third kappa shape index (κ3) is 5.85. The fourth-order valence-corrected chi connectivity index (χ4v) is 4.19. The van der Waals surface area contributed by atoms with Gasteiger partial charge in [0.15, 0.2) is 18.3 Å². The molecule has 1 aliphatic rings. The number of fused-ring (bicyclic) bond motifs is 1. The zero-order valence-corrected chi connectivity index (χ0v) is 21.6. The van der Waals surface area contributed by atoms with Gasteiger partial charge < -0.3 is 28.4 Å². The molecule has 0 radical (unpaired) electrons. The molecular formula is C23H24BrNO11. The molecule has 3 rings (SSSR count). The van der Waals surface area contributed by atoms with Gasteiger partial charge in [-0.05, 0) is 18.2 Å². The number of halogens is 1. The molecule has 0 N–H and O–H groups in total. The minimum absolute atomic E-state index is 0.139. The van der Waals surface area contributed by atoms with Crippen molar-refractivity contribution in [3.05, 3.63) is 28.9 Å². The summed E-state index contributed by atoms with van der Waals surface area (Å²) < 4.78 is 34.5. The highest BCUT2D eigenvalue weighted by Gasteiger charge is 2.56. The zero-order valence-electron chi connectivity index (χ0n) is 20.0. The van der Waals surface area contributed by atoms with E-state index in [0.717, 1.165) is 27.9 Å². The summed E-state index contributed by atoms with van der Waals surface area (Å²) in [6.07, 6.45) is -6.23. The molecule has 1 saturated heterocycles. The molecule has 1 fully saturated rings. The van der Waals surface area contributed by atoms with Crippen molar-refractivity contribution in [3.8, 4) is 5.75 Å². The summed E-state index contributed by atoms with van der Waals surface area (Å²) in [7, 11) is 1.09. The lowest BCUT2D eigenvalue weighted by atomic mass is 9.97. The second-order valence-electron chi connectivity index (χ2n) is 7.83. The highest BCUT2D eigenvalue weighted by atomic mass is 79.9. The van der Waals surface area contributed by atoms with Gasteiger partial charge in [-0.2, -0.15) is 0 Å². The van der Waals surface area contributed by atoms with E-state index >= 15 is 0 Å². The maximum atomic E-state index is 12.6. The van der Waals surface area contributed by atoms with Crippen LogP contribution >= 0.6 is 15.9 Å². The van der Waals surface area contributed by atoms with E-state index in [2.05, 4.69) is 15.9 Å². The van der Waals surface area contributed by atoms with Crippen molar-refractivity contribution < 1.29 is 52.4 Å². The molecule has 1 aromatic heterocycles. The fourth-order valence-electron chi connectivity index (χ4n) is 3.83. The first-order chi connectivity index (χ1) is 16.9. The van der Waals surface area contributed by atoms with Crippen LogP contribution in [0.3, 0.4) is 0 Å². The average molecular weight is 570 g/mol. The maximum absolute atomic E-state index is 12.6. The Morgan fingerprint density at radius 2 is 1.47 bits per heavy atom. The molecule has 2 heterocycles. The van der Waals surface area contributed by atoms with Crippen molar-refractivity contribution in [1.82, 2.24) is 4.57 Å². The Morgan fingerprint density at radius 1 is 0.889 bits per heavy atom. The second-order valence-corrected chi connectivity index (χ2v) is 8.75. The number of aromatic nitrogens is 1. The van der Waals surface area contributed by atoms with E-state index in [0.29, 0.717) is 15.4 Å². The van der Waals surface area contributed by atoms with Gasteiger partial charge in [-0.1, -0.05) is 15.9 Å². The van der Waals surface area contributed by atoms with E-state index < -0.39 is 54.6 Å². The Labute approximate surface area is 213 Å². The predicted molar refractivity (Wildman–Crippen MR) is 124 cm³/mol. The minimum atomic E-state index is -1.60. The van der Waals surface area contributed by atoms with Crippen LogP contribution in [0.25, 0.3) is 10.9 Å². The first-order valence-electron chi connectivity index (χ1n) is 10.7. The molecule has 0 saturated carbocycles. The molecule has 2 aromatic rings. The molecule has 12 nitrogen and oxygen atoms in total. The third-order valence-electron chi connectivity index (χ3n) is 5.15. The Kier molecular flexibility index (Phi) is 8.35. The topological polar surface area (TPSA) is 146 Å². The number of nitrogens with zero attached hydrogens (tertiary/aromatic N) is 1. The Balaban J connectivity index is 2.13. The molecule has 5 atom stereocenters. The molecule has 0 unspecified atom stereocenters. The molecule has 0 bridgehead atoms. The van der Waals surface area contributed by atoms with Gasteiger partial charge in [0.1, 0.15) is 5.75 Å². The zero-order chi connectivity index (χ0) is 26.7. The van der Waals surface area contributed by atoms with Crippen LogP contribution in [0.15, 0.2) is 28.9 Å². The van der Waals surface area contributed by atoms with Crippen molar-refractivity contribution in [3.63, 3.8) is 0 Å². The van der Waals surface area contributed by atoms with E-state index in [1.807, 2.05) is 0 Å². The first-order valence-corrected chi connectivity index (χ1v) is 11.4. The van der Waals surface area contributed by atoms with E-state index in [-0.39, 0.29) is 11.7 Å². The van der Waals surface area contributed by atoms with Gasteiger partial charge in [-0.25, -0.2) is 4.79 Å². The predicted octanol–water partition coefficient (Wildman–Crippen LogP) is 2.14. The summed E-state index contributed by atoms with van der Waals surface area (Å²) in [5.74, 6) is -3.54. The van der Waals surface area contributed by atoms with Crippen molar-refractivity contribution in [1.29, 1.82) is 0 Å². The normalized spacial score (nSPS) is 23.4. The third-order valence-corrected chi connectivity index (χ3v) is 5.64. The number of carbonyl (C=O) groups excluding carboxylic acids is 5. The smallest absolute Gasteiger partial charge is 0.339 e. The van der Waals surface area contributed by atoms with Gasteiger partial charge in [0.25, 0.3) is 0 Å². The first kappa shape index (κ1) is 27.1.